The number of nitrogens with one attached hydrogen (secondary N) is 1. The third-order valence-electron chi connectivity index (χ3n) is 3.28. The van der Waals surface area contributed by atoms with Crippen molar-refractivity contribution in [3.05, 3.63) is 36.0 Å². The normalized spacial score (nSPS) is 11.3. The van der Waals surface area contributed by atoms with Gasteiger partial charge in [-0.15, -0.1) is 0 Å². The number of carbonyl (C=O) groups is 1. The molecule has 0 unspecified atom stereocenters. The summed E-state index contributed by atoms with van der Waals surface area (Å²) in [6, 6.07) is 7.74. The van der Waals surface area contributed by atoms with Gasteiger partial charge >= 0.3 is 0 Å². The summed E-state index contributed by atoms with van der Waals surface area (Å²) in [4.78, 5) is 17.4. The number of hydrogen-bond acceptors (Lipinski definition) is 4. The van der Waals surface area contributed by atoms with Crippen LogP contribution in [-0.2, 0) is 4.74 Å². The average molecular weight is 276 g/mol. The summed E-state index contributed by atoms with van der Waals surface area (Å²) in [5.41, 5.74) is 1.66. The van der Waals surface area contributed by atoms with Crippen LogP contribution >= 0.6 is 0 Å². The summed E-state index contributed by atoms with van der Waals surface area (Å²) in [7, 11) is 1.62. The minimum atomic E-state index is 0.0326. The van der Waals surface area contributed by atoms with Crippen LogP contribution in [0.15, 0.2) is 30.5 Å². The molecule has 0 spiro atoms. The number of carbonyl (C=O) groups excluding carboxylic acids is 1. The highest BCUT2D eigenvalue weighted by atomic mass is 16.5. The third-order valence-corrected chi connectivity index (χ3v) is 3.28. The Morgan fingerprint density at radius 3 is 2.90 bits per heavy atom. The highest BCUT2D eigenvalue weighted by Gasteiger charge is 2.15. The molecule has 0 saturated carbocycles. The molecule has 0 aliphatic heterocycles. The predicted octanol–water partition coefficient (Wildman–Crippen LogP) is 1.29. The Bertz CT molecular complexity index is 565. The van der Waals surface area contributed by atoms with Gasteiger partial charge in [0.2, 0.25) is 0 Å². The molecule has 0 aliphatic carbocycles. The van der Waals surface area contributed by atoms with Crippen LogP contribution < -0.4 is 0 Å². The van der Waals surface area contributed by atoms with Crippen molar-refractivity contribution >= 4 is 16.7 Å². The van der Waals surface area contributed by atoms with E-state index in [1.807, 2.05) is 29.2 Å². The van der Waals surface area contributed by atoms with Crippen LogP contribution in [0.4, 0.5) is 0 Å². The van der Waals surface area contributed by atoms with Crippen molar-refractivity contribution < 1.29 is 14.6 Å². The van der Waals surface area contributed by atoms with Crippen molar-refractivity contribution in [3.8, 4) is 0 Å². The van der Waals surface area contributed by atoms with E-state index in [4.69, 9.17) is 9.84 Å². The van der Waals surface area contributed by atoms with Crippen LogP contribution in [0.5, 0.6) is 0 Å². The number of aromatic nitrogens is 1. The number of H-pyrrole nitrogens is 1. The van der Waals surface area contributed by atoms with Crippen molar-refractivity contribution in [1.82, 2.24) is 9.88 Å². The third kappa shape index (κ3) is 3.45. The molecule has 0 aliphatic rings. The van der Waals surface area contributed by atoms with Crippen molar-refractivity contribution in [2.45, 2.75) is 0 Å². The fourth-order valence-corrected chi connectivity index (χ4v) is 2.22. The molecule has 0 atom stereocenters. The zero-order valence-corrected chi connectivity index (χ0v) is 11.6. The lowest BCUT2D eigenvalue weighted by atomic mass is 10.1. The smallest absolute Gasteiger partial charge is 0.178 e. The number of aliphatic hydroxyl groups excluding tert-OH is 1. The monoisotopic (exact) mass is 276 g/mol. The molecular weight excluding hydrogens is 256 g/mol. The zero-order valence-electron chi connectivity index (χ0n) is 11.6. The topological polar surface area (TPSA) is 65.6 Å². The molecule has 1 aromatic heterocycles. The Hall–Kier alpha value is -1.69. The molecular formula is C15H20N2O3. The van der Waals surface area contributed by atoms with Gasteiger partial charge in [-0.3, -0.25) is 9.69 Å². The Balaban J connectivity index is 2.09. The van der Waals surface area contributed by atoms with Crippen molar-refractivity contribution in [2.24, 2.45) is 0 Å². The molecule has 0 fully saturated rings. The summed E-state index contributed by atoms with van der Waals surface area (Å²) < 4.78 is 5.02. The van der Waals surface area contributed by atoms with Crippen LogP contribution in [0.25, 0.3) is 10.9 Å². The second kappa shape index (κ2) is 7.19. The highest BCUT2D eigenvalue weighted by molar-refractivity contribution is 6.08. The van der Waals surface area contributed by atoms with Gasteiger partial charge in [-0.05, 0) is 6.07 Å². The number of para-hydroxylation sites is 1. The van der Waals surface area contributed by atoms with E-state index < -0.39 is 0 Å². The van der Waals surface area contributed by atoms with Crippen molar-refractivity contribution in [3.63, 3.8) is 0 Å². The first kappa shape index (κ1) is 14.7. The van der Waals surface area contributed by atoms with Crippen LogP contribution in [0.2, 0.25) is 0 Å². The van der Waals surface area contributed by atoms with Crippen LogP contribution in [0.3, 0.4) is 0 Å². The van der Waals surface area contributed by atoms with Crippen LogP contribution in [0.1, 0.15) is 10.4 Å². The molecule has 1 heterocycles. The predicted molar refractivity (Wildman–Crippen MR) is 78.0 cm³/mol. The zero-order chi connectivity index (χ0) is 14.4. The molecule has 0 saturated heterocycles. The molecule has 1 aromatic carbocycles. The summed E-state index contributed by atoms with van der Waals surface area (Å²) in [6.45, 7) is 1.96. The van der Waals surface area contributed by atoms with E-state index in [2.05, 4.69) is 4.98 Å². The fourth-order valence-electron chi connectivity index (χ4n) is 2.22. The fraction of sp³-hybridized carbons (Fsp3) is 0.400. The standard InChI is InChI=1S/C15H20N2O3/c1-20-9-7-17(6-8-18)11-15(19)13-10-16-14-5-3-2-4-12(13)14/h2-5,10,16,18H,6-9,11H2,1H3. The number of methoxy groups -OCH3 is 1. The average Bonchev–Trinajstić information content (AvgIpc) is 2.89. The molecule has 0 bridgehead atoms. The SMILES string of the molecule is COCCN(CCO)CC(=O)c1c[nH]c2ccccc12. The number of ether oxygens (including phenoxy) is 1. The van der Waals surface area contributed by atoms with Gasteiger partial charge < -0.3 is 14.8 Å². The minimum Gasteiger partial charge on any atom is -0.395 e. The Morgan fingerprint density at radius 1 is 1.35 bits per heavy atom. The first-order chi connectivity index (χ1) is 9.76. The number of rotatable bonds is 8. The molecule has 2 N–H and O–H groups in total. The molecule has 20 heavy (non-hydrogen) atoms. The lowest BCUT2D eigenvalue weighted by Gasteiger charge is -2.19. The maximum absolute atomic E-state index is 12.4. The van der Waals surface area contributed by atoms with Gasteiger partial charge in [-0.25, -0.2) is 0 Å². The van der Waals surface area contributed by atoms with Crippen LogP contribution in [-0.4, -0.2) is 60.7 Å². The largest absolute Gasteiger partial charge is 0.395 e. The number of ketones is 1. The summed E-state index contributed by atoms with van der Waals surface area (Å²) in [6.07, 6.45) is 1.75. The number of nitrogens with zero attached hydrogens (tertiary/aromatic N) is 1. The van der Waals surface area contributed by atoms with E-state index in [0.29, 0.717) is 25.3 Å². The van der Waals surface area contributed by atoms with Gasteiger partial charge in [0, 0.05) is 42.9 Å². The second-order valence-corrected chi connectivity index (χ2v) is 4.66. The van der Waals surface area contributed by atoms with Gasteiger partial charge in [0.1, 0.15) is 0 Å². The first-order valence-electron chi connectivity index (χ1n) is 6.67. The maximum atomic E-state index is 12.4. The van der Waals surface area contributed by atoms with E-state index in [1.54, 1.807) is 13.3 Å². The number of benzene rings is 1. The lowest BCUT2D eigenvalue weighted by Crippen LogP contribution is -2.35. The molecule has 0 amide bonds. The van der Waals surface area contributed by atoms with Gasteiger partial charge in [0.05, 0.1) is 19.8 Å². The van der Waals surface area contributed by atoms with E-state index in [1.165, 1.54) is 0 Å². The molecule has 5 heteroatoms. The Labute approximate surface area is 118 Å². The van der Waals surface area contributed by atoms with Crippen LogP contribution in [0, 0.1) is 0 Å². The van der Waals surface area contributed by atoms with E-state index in [0.717, 1.165) is 10.9 Å². The first-order valence-corrected chi connectivity index (χ1v) is 6.67. The number of fused-ring (bicyclic) bond motifs is 1. The van der Waals surface area contributed by atoms with E-state index in [-0.39, 0.29) is 18.9 Å². The maximum Gasteiger partial charge on any atom is 0.178 e. The number of aromatic amines is 1. The Kier molecular flexibility index (Phi) is 5.29. The second-order valence-electron chi connectivity index (χ2n) is 4.66. The molecule has 0 radical (unpaired) electrons. The summed E-state index contributed by atoms with van der Waals surface area (Å²) in [5, 5.41) is 9.99. The summed E-state index contributed by atoms with van der Waals surface area (Å²) in [5.74, 6) is 0.0482. The van der Waals surface area contributed by atoms with E-state index in [9.17, 15) is 4.79 Å². The van der Waals surface area contributed by atoms with Gasteiger partial charge in [0.15, 0.2) is 5.78 Å². The van der Waals surface area contributed by atoms with Gasteiger partial charge in [-0.2, -0.15) is 0 Å². The number of aliphatic hydroxyl groups is 1. The van der Waals surface area contributed by atoms with Crippen molar-refractivity contribution in [2.75, 3.05) is 40.0 Å². The highest BCUT2D eigenvalue weighted by Crippen LogP contribution is 2.18. The molecule has 108 valence electrons. The molecule has 5 nitrogen and oxygen atoms in total. The lowest BCUT2D eigenvalue weighted by molar-refractivity contribution is 0.0870. The molecule has 2 rings (SSSR count). The summed E-state index contributed by atoms with van der Waals surface area (Å²) >= 11 is 0. The van der Waals surface area contributed by atoms with Crippen molar-refractivity contribution in [1.29, 1.82) is 0 Å². The van der Waals surface area contributed by atoms with Gasteiger partial charge in [-0.1, -0.05) is 18.2 Å². The number of hydrogen-bond donors (Lipinski definition) is 2. The number of Topliss-reactive ketones (excluding diaryl/α,β-unsaturated/α-hetero) is 1. The minimum absolute atomic E-state index is 0.0326. The van der Waals surface area contributed by atoms with E-state index >= 15 is 0 Å². The van der Waals surface area contributed by atoms with Gasteiger partial charge in [0.25, 0.3) is 0 Å². The Morgan fingerprint density at radius 2 is 2.15 bits per heavy atom. The molecule has 2 aromatic rings. The quantitative estimate of drug-likeness (QED) is 0.713.